The predicted octanol–water partition coefficient (Wildman–Crippen LogP) is 1.61. The molecule has 0 fully saturated rings. The van der Waals surface area contributed by atoms with Crippen LogP contribution in [0.5, 0.6) is 0 Å². The second kappa shape index (κ2) is 10.0. The molecule has 0 saturated carbocycles. The number of rotatable bonds is 10. The topological polar surface area (TPSA) is 44.8 Å². The van der Waals surface area contributed by atoms with Crippen LogP contribution >= 0.6 is 0 Å². The zero-order valence-electron chi connectivity index (χ0n) is 11.0. The van der Waals surface area contributed by atoms with E-state index in [-0.39, 0.29) is 10.6 Å². The molecule has 0 aliphatic heterocycles. The van der Waals surface area contributed by atoms with Gasteiger partial charge in [-0.05, 0) is 12.1 Å². The van der Waals surface area contributed by atoms with Crippen molar-refractivity contribution < 1.29 is 22.8 Å². The second-order valence-corrected chi connectivity index (χ2v) is 5.24. The highest BCUT2D eigenvalue weighted by Gasteiger charge is 2.08. The molecule has 0 spiro atoms. The standard InChI is InChI=1S/C13H19FO4S/c1-16-6-7-17-8-9-18-10-11-19(15)13-5-3-2-4-12(13)14/h2-5H,6-11H2,1H3. The molecular formula is C13H19FO4S. The Labute approximate surface area is 115 Å². The molecule has 1 atom stereocenters. The summed E-state index contributed by atoms with van der Waals surface area (Å²) in [5.41, 5.74) is 0. The van der Waals surface area contributed by atoms with Crippen molar-refractivity contribution in [3.8, 4) is 0 Å². The number of halogens is 1. The maximum absolute atomic E-state index is 13.3. The predicted molar refractivity (Wildman–Crippen MR) is 71.2 cm³/mol. The van der Waals surface area contributed by atoms with Gasteiger partial charge < -0.3 is 14.2 Å². The van der Waals surface area contributed by atoms with Gasteiger partial charge in [-0.15, -0.1) is 0 Å². The van der Waals surface area contributed by atoms with Gasteiger partial charge in [-0.2, -0.15) is 0 Å². The summed E-state index contributed by atoms with van der Waals surface area (Å²) >= 11 is 0. The molecule has 0 saturated heterocycles. The Morgan fingerprint density at radius 2 is 1.68 bits per heavy atom. The van der Waals surface area contributed by atoms with Crippen LogP contribution in [0, 0.1) is 5.82 Å². The van der Waals surface area contributed by atoms with Gasteiger partial charge in [0.05, 0.1) is 54.5 Å². The van der Waals surface area contributed by atoms with Gasteiger partial charge in [-0.1, -0.05) is 12.1 Å². The average Bonchev–Trinajstić information content (AvgIpc) is 2.42. The first-order valence-electron chi connectivity index (χ1n) is 6.03. The number of benzene rings is 1. The van der Waals surface area contributed by atoms with Crippen molar-refractivity contribution in [3.05, 3.63) is 30.1 Å². The molecule has 19 heavy (non-hydrogen) atoms. The van der Waals surface area contributed by atoms with Crippen LogP contribution in [-0.4, -0.2) is 50.1 Å². The third-order valence-electron chi connectivity index (χ3n) is 2.30. The first-order chi connectivity index (χ1) is 9.25. The minimum atomic E-state index is -1.37. The lowest BCUT2D eigenvalue weighted by atomic mass is 10.3. The van der Waals surface area contributed by atoms with Crippen molar-refractivity contribution >= 4 is 10.8 Å². The summed E-state index contributed by atoms with van der Waals surface area (Å²) in [5, 5.41) is 0. The molecule has 0 aliphatic rings. The van der Waals surface area contributed by atoms with Gasteiger partial charge in [0.25, 0.3) is 0 Å². The Balaban J connectivity index is 2.10. The van der Waals surface area contributed by atoms with Gasteiger partial charge in [0, 0.05) is 7.11 Å². The lowest BCUT2D eigenvalue weighted by Gasteiger charge is -2.06. The Bertz CT molecular complexity index is 387. The van der Waals surface area contributed by atoms with Crippen LogP contribution in [0.2, 0.25) is 0 Å². The van der Waals surface area contributed by atoms with Crippen molar-refractivity contribution in [1.29, 1.82) is 0 Å². The molecule has 0 aliphatic carbocycles. The Kier molecular flexibility index (Phi) is 8.57. The fourth-order valence-electron chi connectivity index (χ4n) is 1.34. The van der Waals surface area contributed by atoms with Crippen LogP contribution in [0.4, 0.5) is 4.39 Å². The largest absolute Gasteiger partial charge is 0.382 e. The van der Waals surface area contributed by atoms with Gasteiger partial charge in [-0.3, -0.25) is 4.21 Å². The minimum absolute atomic E-state index is 0.224. The maximum Gasteiger partial charge on any atom is 0.139 e. The Hall–Kier alpha value is -0.820. The quantitative estimate of drug-likeness (QED) is 0.614. The molecule has 0 N–H and O–H groups in total. The van der Waals surface area contributed by atoms with Crippen LogP contribution in [-0.2, 0) is 25.0 Å². The van der Waals surface area contributed by atoms with Gasteiger partial charge in [-0.25, -0.2) is 4.39 Å². The lowest BCUT2D eigenvalue weighted by molar-refractivity contribution is 0.0285. The first kappa shape index (κ1) is 16.2. The van der Waals surface area contributed by atoms with Gasteiger partial charge in [0.15, 0.2) is 0 Å². The molecule has 0 aromatic heterocycles. The smallest absolute Gasteiger partial charge is 0.139 e. The van der Waals surface area contributed by atoms with Crippen LogP contribution in [0.1, 0.15) is 0 Å². The highest BCUT2D eigenvalue weighted by Crippen LogP contribution is 2.11. The summed E-state index contributed by atoms with van der Waals surface area (Å²) in [7, 11) is 0.243. The number of hydrogen-bond donors (Lipinski definition) is 0. The number of ether oxygens (including phenoxy) is 3. The molecule has 0 amide bonds. The SMILES string of the molecule is COCCOCCOCCS(=O)c1ccccc1F. The van der Waals surface area contributed by atoms with Crippen LogP contribution in [0.15, 0.2) is 29.2 Å². The normalized spacial score (nSPS) is 12.5. The third kappa shape index (κ3) is 6.77. The molecule has 1 aromatic carbocycles. The molecule has 108 valence electrons. The van der Waals surface area contributed by atoms with Crippen molar-refractivity contribution in [1.82, 2.24) is 0 Å². The summed E-state index contributed by atoms with van der Waals surface area (Å²) in [6.45, 7) is 2.29. The van der Waals surface area contributed by atoms with Crippen molar-refractivity contribution in [3.63, 3.8) is 0 Å². The van der Waals surface area contributed by atoms with Crippen LogP contribution in [0.25, 0.3) is 0 Å². The molecular weight excluding hydrogens is 271 g/mol. The fourth-order valence-corrected chi connectivity index (χ4v) is 2.34. The summed E-state index contributed by atoms with van der Waals surface area (Å²) in [6.07, 6.45) is 0. The zero-order valence-corrected chi connectivity index (χ0v) is 11.8. The van der Waals surface area contributed by atoms with E-state index < -0.39 is 16.6 Å². The van der Waals surface area contributed by atoms with Crippen LogP contribution < -0.4 is 0 Å². The van der Waals surface area contributed by atoms with E-state index in [1.165, 1.54) is 12.1 Å². The summed E-state index contributed by atoms with van der Waals surface area (Å²) < 4.78 is 40.4. The van der Waals surface area contributed by atoms with Crippen LogP contribution in [0.3, 0.4) is 0 Å². The summed E-state index contributed by atoms with van der Waals surface area (Å²) in [4.78, 5) is 0.224. The van der Waals surface area contributed by atoms with Crippen molar-refractivity contribution in [2.75, 3.05) is 45.9 Å². The van der Waals surface area contributed by atoms with Gasteiger partial charge in [0.1, 0.15) is 5.82 Å². The Morgan fingerprint density at radius 3 is 2.37 bits per heavy atom. The number of hydrogen-bond acceptors (Lipinski definition) is 4. The molecule has 0 bridgehead atoms. The molecule has 1 rings (SSSR count). The highest BCUT2D eigenvalue weighted by atomic mass is 32.2. The van der Waals surface area contributed by atoms with E-state index >= 15 is 0 Å². The van der Waals surface area contributed by atoms with E-state index in [9.17, 15) is 8.60 Å². The molecule has 0 radical (unpaired) electrons. The van der Waals surface area contributed by atoms with E-state index in [4.69, 9.17) is 14.2 Å². The maximum atomic E-state index is 13.3. The number of methoxy groups -OCH3 is 1. The molecule has 1 unspecified atom stereocenters. The summed E-state index contributed by atoms with van der Waals surface area (Å²) in [6, 6.07) is 6.07. The Morgan fingerprint density at radius 1 is 1.05 bits per heavy atom. The van der Waals surface area contributed by atoms with E-state index in [1.54, 1.807) is 19.2 Å². The lowest BCUT2D eigenvalue weighted by Crippen LogP contribution is -2.12. The second-order valence-electron chi connectivity index (χ2n) is 3.70. The highest BCUT2D eigenvalue weighted by molar-refractivity contribution is 7.85. The zero-order chi connectivity index (χ0) is 13.9. The first-order valence-corrected chi connectivity index (χ1v) is 7.35. The van der Waals surface area contributed by atoms with Crippen molar-refractivity contribution in [2.45, 2.75) is 4.90 Å². The van der Waals surface area contributed by atoms with E-state index in [0.717, 1.165) is 0 Å². The third-order valence-corrected chi connectivity index (χ3v) is 3.66. The van der Waals surface area contributed by atoms with E-state index in [1.807, 2.05) is 0 Å². The molecule has 4 nitrogen and oxygen atoms in total. The average molecular weight is 290 g/mol. The monoisotopic (exact) mass is 290 g/mol. The van der Waals surface area contributed by atoms with E-state index in [2.05, 4.69) is 0 Å². The van der Waals surface area contributed by atoms with Gasteiger partial charge >= 0.3 is 0 Å². The van der Waals surface area contributed by atoms with Gasteiger partial charge in [0.2, 0.25) is 0 Å². The van der Waals surface area contributed by atoms with Crippen molar-refractivity contribution in [2.24, 2.45) is 0 Å². The summed E-state index contributed by atoms with van der Waals surface area (Å²) in [5.74, 6) is -0.164. The molecule has 1 aromatic rings. The fraction of sp³-hybridized carbons (Fsp3) is 0.538. The molecule has 0 heterocycles. The minimum Gasteiger partial charge on any atom is -0.382 e. The van der Waals surface area contributed by atoms with E-state index in [0.29, 0.717) is 33.0 Å². The molecule has 6 heteroatoms.